The van der Waals surface area contributed by atoms with E-state index >= 15 is 0 Å². The van der Waals surface area contributed by atoms with Crippen molar-refractivity contribution in [3.8, 4) is 0 Å². The molecule has 19 heavy (non-hydrogen) atoms. The van der Waals surface area contributed by atoms with Crippen LogP contribution in [0.25, 0.3) is 0 Å². The fourth-order valence-electron chi connectivity index (χ4n) is 1.41. The molecule has 4 nitrogen and oxygen atoms in total. The SMILES string of the molecule is NCC(O)COCCCc1ccc(C(F)(F)F)nc1. The molecule has 0 aromatic carbocycles. The molecule has 1 aromatic heterocycles. The van der Waals surface area contributed by atoms with Gasteiger partial charge in [-0.25, -0.2) is 0 Å². The second-order valence-electron chi connectivity index (χ2n) is 4.12. The third-order valence-electron chi connectivity index (χ3n) is 2.45. The van der Waals surface area contributed by atoms with E-state index in [0.717, 1.165) is 11.6 Å². The molecular formula is C12H17F3N2O2. The van der Waals surface area contributed by atoms with Crippen LogP contribution in [0.1, 0.15) is 17.7 Å². The first-order valence-electron chi connectivity index (χ1n) is 5.91. The van der Waals surface area contributed by atoms with Crippen molar-refractivity contribution in [2.45, 2.75) is 25.1 Å². The average Bonchev–Trinajstić information content (AvgIpc) is 2.37. The van der Waals surface area contributed by atoms with E-state index in [0.29, 0.717) is 19.4 Å². The van der Waals surface area contributed by atoms with Crippen LogP contribution in [-0.4, -0.2) is 36.0 Å². The van der Waals surface area contributed by atoms with Crippen molar-refractivity contribution in [2.75, 3.05) is 19.8 Å². The van der Waals surface area contributed by atoms with Crippen LogP contribution in [0.15, 0.2) is 18.3 Å². The summed E-state index contributed by atoms with van der Waals surface area (Å²) in [5, 5.41) is 9.11. The van der Waals surface area contributed by atoms with Crippen LogP contribution < -0.4 is 5.73 Å². The second kappa shape index (κ2) is 7.42. The second-order valence-corrected chi connectivity index (χ2v) is 4.12. The highest BCUT2D eigenvalue weighted by Crippen LogP contribution is 2.27. The number of halogens is 3. The number of aryl methyl sites for hydroxylation is 1. The van der Waals surface area contributed by atoms with Crippen LogP contribution in [0.5, 0.6) is 0 Å². The molecule has 0 saturated heterocycles. The number of hydrogen-bond acceptors (Lipinski definition) is 4. The highest BCUT2D eigenvalue weighted by Gasteiger charge is 2.31. The molecule has 1 unspecified atom stereocenters. The van der Waals surface area contributed by atoms with Crippen LogP contribution in [0, 0.1) is 0 Å². The Kier molecular flexibility index (Phi) is 6.20. The highest BCUT2D eigenvalue weighted by atomic mass is 19.4. The average molecular weight is 278 g/mol. The summed E-state index contributed by atoms with van der Waals surface area (Å²) in [5.41, 5.74) is 5.03. The van der Waals surface area contributed by atoms with E-state index in [1.165, 1.54) is 12.3 Å². The Morgan fingerprint density at radius 1 is 1.37 bits per heavy atom. The van der Waals surface area contributed by atoms with Crippen molar-refractivity contribution >= 4 is 0 Å². The zero-order valence-electron chi connectivity index (χ0n) is 10.4. The minimum Gasteiger partial charge on any atom is -0.389 e. The van der Waals surface area contributed by atoms with Gasteiger partial charge in [0.1, 0.15) is 5.69 Å². The number of ether oxygens (including phenoxy) is 1. The molecule has 0 radical (unpaired) electrons. The molecule has 0 aliphatic rings. The number of aromatic nitrogens is 1. The molecule has 0 saturated carbocycles. The van der Waals surface area contributed by atoms with Crippen molar-refractivity contribution in [3.05, 3.63) is 29.6 Å². The van der Waals surface area contributed by atoms with Crippen LogP contribution >= 0.6 is 0 Å². The van der Waals surface area contributed by atoms with Gasteiger partial charge in [0.25, 0.3) is 0 Å². The Hall–Kier alpha value is -1.18. The van der Waals surface area contributed by atoms with Gasteiger partial charge in [-0.2, -0.15) is 13.2 Å². The number of rotatable bonds is 7. The van der Waals surface area contributed by atoms with Gasteiger partial charge >= 0.3 is 6.18 Å². The van der Waals surface area contributed by atoms with Gasteiger partial charge in [0, 0.05) is 19.3 Å². The molecule has 1 rings (SSSR count). The van der Waals surface area contributed by atoms with Crippen LogP contribution in [0.4, 0.5) is 13.2 Å². The number of hydrogen-bond donors (Lipinski definition) is 2. The minimum atomic E-state index is -4.40. The summed E-state index contributed by atoms with van der Waals surface area (Å²) >= 11 is 0. The fraction of sp³-hybridized carbons (Fsp3) is 0.583. The third-order valence-corrected chi connectivity index (χ3v) is 2.45. The van der Waals surface area contributed by atoms with E-state index in [2.05, 4.69) is 4.98 Å². The zero-order valence-corrected chi connectivity index (χ0v) is 10.4. The smallest absolute Gasteiger partial charge is 0.389 e. The molecule has 1 atom stereocenters. The Labute approximate surface area is 109 Å². The lowest BCUT2D eigenvalue weighted by molar-refractivity contribution is -0.141. The Balaban J connectivity index is 2.27. The first kappa shape index (κ1) is 15.9. The number of alkyl halides is 3. The number of aliphatic hydroxyl groups is 1. The first-order chi connectivity index (χ1) is 8.93. The van der Waals surface area contributed by atoms with E-state index in [4.69, 9.17) is 15.6 Å². The van der Waals surface area contributed by atoms with Crippen LogP contribution in [-0.2, 0) is 17.3 Å². The summed E-state index contributed by atoms with van der Waals surface area (Å²) in [6, 6.07) is 2.37. The lowest BCUT2D eigenvalue weighted by atomic mass is 10.1. The summed E-state index contributed by atoms with van der Waals surface area (Å²) < 4.78 is 42.0. The Morgan fingerprint density at radius 3 is 2.63 bits per heavy atom. The van der Waals surface area contributed by atoms with E-state index in [1.807, 2.05) is 0 Å². The predicted molar refractivity (Wildman–Crippen MR) is 63.4 cm³/mol. The maximum Gasteiger partial charge on any atom is 0.433 e. The maximum atomic E-state index is 12.3. The molecule has 0 aliphatic carbocycles. The normalized spacial score (nSPS) is 13.5. The van der Waals surface area contributed by atoms with Crippen molar-refractivity contribution in [3.63, 3.8) is 0 Å². The van der Waals surface area contributed by atoms with E-state index in [9.17, 15) is 13.2 Å². The van der Waals surface area contributed by atoms with Crippen molar-refractivity contribution in [2.24, 2.45) is 5.73 Å². The van der Waals surface area contributed by atoms with Crippen LogP contribution in [0.3, 0.4) is 0 Å². The molecule has 108 valence electrons. The highest BCUT2D eigenvalue weighted by molar-refractivity contribution is 5.15. The summed E-state index contributed by atoms with van der Waals surface area (Å²) in [6.45, 7) is 0.725. The van der Waals surface area contributed by atoms with Gasteiger partial charge in [-0.15, -0.1) is 0 Å². The van der Waals surface area contributed by atoms with Gasteiger partial charge in [0.05, 0.1) is 12.7 Å². The molecule has 0 spiro atoms. The third kappa shape index (κ3) is 6.00. The molecule has 0 bridgehead atoms. The van der Waals surface area contributed by atoms with Gasteiger partial charge in [0.15, 0.2) is 0 Å². The molecular weight excluding hydrogens is 261 g/mol. The lowest BCUT2D eigenvalue weighted by Crippen LogP contribution is -2.25. The lowest BCUT2D eigenvalue weighted by Gasteiger charge is -2.09. The number of nitrogens with two attached hydrogens (primary N) is 1. The quantitative estimate of drug-likeness (QED) is 0.739. The summed E-state index contributed by atoms with van der Waals surface area (Å²) in [6.07, 6.45) is -2.64. The number of aliphatic hydroxyl groups excluding tert-OH is 1. The molecule has 0 amide bonds. The zero-order chi connectivity index (χ0) is 14.3. The largest absolute Gasteiger partial charge is 0.433 e. The van der Waals surface area contributed by atoms with Crippen molar-refractivity contribution in [1.29, 1.82) is 0 Å². The fourth-order valence-corrected chi connectivity index (χ4v) is 1.41. The predicted octanol–water partition coefficient (Wildman–Crippen LogP) is 1.37. The first-order valence-corrected chi connectivity index (χ1v) is 5.91. The molecule has 0 aliphatic heterocycles. The molecule has 1 heterocycles. The standard InChI is InChI=1S/C12H17F3N2O2/c13-12(14,15)11-4-3-9(7-17-11)2-1-5-19-8-10(18)6-16/h3-4,7,10,18H,1-2,5-6,8,16H2. The maximum absolute atomic E-state index is 12.3. The van der Waals surface area contributed by atoms with Crippen molar-refractivity contribution < 1.29 is 23.0 Å². The summed E-state index contributed by atoms with van der Waals surface area (Å²) in [7, 11) is 0. The molecule has 7 heteroatoms. The van der Waals surface area contributed by atoms with Gasteiger partial charge in [-0.1, -0.05) is 6.07 Å². The van der Waals surface area contributed by atoms with Gasteiger partial charge in [-0.3, -0.25) is 4.98 Å². The van der Waals surface area contributed by atoms with E-state index in [1.54, 1.807) is 0 Å². The van der Waals surface area contributed by atoms with Gasteiger partial charge in [-0.05, 0) is 24.5 Å². The van der Waals surface area contributed by atoms with E-state index in [-0.39, 0.29) is 13.2 Å². The summed E-state index contributed by atoms with van der Waals surface area (Å²) in [5.74, 6) is 0. The minimum absolute atomic E-state index is 0.142. The monoisotopic (exact) mass is 278 g/mol. The molecule has 0 fully saturated rings. The van der Waals surface area contributed by atoms with Gasteiger partial charge < -0.3 is 15.6 Å². The number of pyridine rings is 1. The topological polar surface area (TPSA) is 68.4 Å². The van der Waals surface area contributed by atoms with Gasteiger partial charge in [0.2, 0.25) is 0 Å². The molecule has 3 N–H and O–H groups in total. The molecule has 1 aromatic rings. The van der Waals surface area contributed by atoms with Crippen LogP contribution in [0.2, 0.25) is 0 Å². The number of nitrogens with zero attached hydrogens (tertiary/aromatic N) is 1. The van der Waals surface area contributed by atoms with Crippen molar-refractivity contribution in [1.82, 2.24) is 4.98 Å². The summed E-state index contributed by atoms with van der Waals surface area (Å²) in [4.78, 5) is 3.37. The Morgan fingerprint density at radius 2 is 2.11 bits per heavy atom. The Bertz CT molecular complexity index is 368. The van der Waals surface area contributed by atoms with E-state index < -0.39 is 18.0 Å².